The van der Waals surface area contributed by atoms with E-state index in [9.17, 15) is 0 Å². The van der Waals surface area contributed by atoms with Crippen LogP contribution in [0.4, 0.5) is 0 Å². The summed E-state index contributed by atoms with van der Waals surface area (Å²) in [5, 5.41) is 3.08. The van der Waals surface area contributed by atoms with Gasteiger partial charge in [0.05, 0.1) is 5.69 Å². The van der Waals surface area contributed by atoms with Gasteiger partial charge < -0.3 is 0 Å². The highest BCUT2D eigenvalue weighted by Gasteiger charge is 2.08. The Morgan fingerprint density at radius 1 is 0.621 bits per heavy atom. The van der Waals surface area contributed by atoms with Crippen LogP contribution in [0.25, 0.3) is 44.5 Å². The molecule has 0 aliphatic heterocycles. The zero-order valence-electron chi connectivity index (χ0n) is 15.6. The molecule has 0 N–H and O–H groups in total. The molecule has 0 aliphatic rings. The van der Waals surface area contributed by atoms with Crippen molar-refractivity contribution in [2.24, 2.45) is 0 Å². The maximum absolute atomic E-state index is 6.36. The van der Waals surface area contributed by atoms with Crippen molar-refractivity contribution in [3.63, 3.8) is 0 Å². The van der Waals surface area contributed by atoms with Crippen molar-refractivity contribution >= 4 is 22.4 Å². The molecule has 0 unspecified atom stereocenters. The summed E-state index contributed by atoms with van der Waals surface area (Å²) in [7, 11) is 0. The first-order valence-electron chi connectivity index (χ1n) is 9.45. The minimum absolute atomic E-state index is 0.730. The van der Waals surface area contributed by atoms with Gasteiger partial charge in [-0.05, 0) is 40.1 Å². The summed E-state index contributed by atoms with van der Waals surface area (Å²) >= 11 is 6.36. The fraction of sp³-hybridized carbons (Fsp3) is 0. The summed E-state index contributed by atoms with van der Waals surface area (Å²) in [6, 6.07) is 32.7. The van der Waals surface area contributed by atoms with E-state index in [4.69, 9.17) is 16.6 Å². The van der Waals surface area contributed by atoms with Gasteiger partial charge in [0, 0.05) is 22.3 Å². The van der Waals surface area contributed by atoms with Gasteiger partial charge in [-0.1, -0.05) is 90.5 Å². The average molecular weight is 393 g/mol. The maximum Gasteiger partial charge on any atom is 0.159 e. The second-order valence-electron chi connectivity index (χ2n) is 6.88. The zero-order chi connectivity index (χ0) is 19.6. The van der Waals surface area contributed by atoms with E-state index in [0.717, 1.165) is 44.2 Å². The molecular weight excluding hydrogens is 376 g/mol. The topological polar surface area (TPSA) is 25.8 Å². The van der Waals surface area contributed by atoms with E-state index in [1.165, 1.54) is 5.39 Å². The fourth-order valence-electron chi connectivity index (χ4n) is 3.58. The molecule has 1 aromatic heterocycles. The van der Waals surface area contributed by atoms with Gasteiger partial charge in [0.1, 0.15) is 0 Å². The molecule has 0 fully saturated rings. The van der Waals surface area contributed by atoms with E-state index in [1.807, 2.05) is 60.8 Å². The van der Waals surface area contributed by atoms with Gasteiger partial charge in [-0.3, -0.25) is 0 Å². The second-order valence-corrected chi connectivity index (χ2v) is 7.32. The molecule has 2 nitrogen and oxygen atoms in total. The Morgan fingerprint density at radius 2 is 1.34 bits per heavy atom. The lowest BCUT2D eigenvalue weighted by Gasteiger charge is -2.09. The van der Waals surface area contributed by atoms with Crippen molar-refractivity contribution in [3.8, 4) is 33.8 Å². The molecule has 0 amide bonds. The van der Waals surface area contributed by atoms with Crippen LogP contribution in [0.15, 0.2) is 103 Å². The predicted molar refractivity (Wildman–Crippen MR) is 121 cm³/mol. The molecule has 0 saturated carbocycles. The third-order valence-corrected chi connectivity index (χ3v) is 5.22. The zero-order valence-corrected chi connectivity index (χ0v) is 16.3. The first kappa shape index (κ1) is 17.6. The predicted octanol–water partition coefficient (Wildman–Crippen LogP) is 7.28. The summed E-state index contributed by atoms with van der Waals surface area (Å²) in [4.78, 5) is 9.17. The van der Waals surface area contributed by atoms with Gasteiger partial charge >= 0.3 is 0 Å². The average Bonchev–Trinajstić information content (AvgIpc) is 2.79. The van der Waals surface area contributed by atoms with Gasteiger partial charge in [-0.2, -0.15) is 0 Å². The summed E-state index contributed by atoms with van der Waals surface area (Å²) in [5.74, 6) is 0.730. The first-order valence-corrected chi connectivity index (χ1v) is 9.83. The number of rotatable bonds is 3. The van der Waals surface area contributed by atoms with Crippen LogP contribution in [0.5, 0.6) is 0 Å². The lowest BCUT2D eigenvalue weighted by molar-refractivity contribution is 1.18. The van der Waals surface area contributed by atoms with Crippen LogP contribution < -0.4 is 0 Å². The van der Waals surface area contributed by atoms with E-state index >= 15 is 0 Å². The Labute approximate surface area is 174 Å². The molecule has 3 heteroatoms. The normalized spacial score (nSPS) is 10.9. The highest BCUT2D eigenvalue weighted by atomic mass is 35.5. The summed E-state index contributed by atoms with van der Waals surface area (Å²) < 4.78 is 0. The number of aromatic nitrogens is 2. The molecule has 0 bridgehead atoms. The number of fused-ring (bicyclic) bond motifs is 1. The van der Waals surface area contributed by atoms with Gasteiger partial charge in [-0.15, -0.1) is 0 Å². The SMILES string of the molecule is Clc1cc(-c2ccc(-c3ccnc(-c4ccccc4)n3)cc2)c2ccccc2c1. The van der Waals surface area contributed by atoms with Crippen LogP contribution >= 0.6 is 11.6 Å². The van der Waals surface area contributed by atoms with Gasteiger partial charge in [0.25, 0.3) is 0 Å². The van der Waals surface area contributed by atoms with E-state index in [2.05, 4.69) is 47.4 Å². The standard InChI is InChI=1S/C26H17ClN2/c27-22-16-21-8-4-5-9-23(21)24(17-22)18-10-12-19(13-11-18)25-14-15-28-26(29-25)20-6-2-1-3-7-20/h1-17H. The highest BCUT2D eigenvalue weighted by molar-refractivity contribution is 6.32. The van der Waals surface area contributed by atoms with Gasteiger partial charge in [0.2, 0.25) is 0 Å². The van der Waals surface area contributed by atoms with Crippen LogP contribution in [0.1, 0.15) is 0 Å². The Hall–Kier alpha value is -3.49. The molecule has 138 valence electrons. The lowest BCUT2D eigenvalue weighted by Crippen LogP contribution is -1.91. The Kier molecular flexibility index (Phi) is 4.55. The van der Waals surface area contributed by atoms with Crippen LogP contribution in [0.3, 0.4) is 0 Å². The Balaban J connectivity index is 1.54. The summed E-state index contributed by atoms with van der Waals surface area (Å²) in [6.07, 6.45) is 1.81. The number of hydrogen-bond donors (Lipinski definition) is 0. The number of halogens is 1. The van der Waals surface area contributed by atoms with Crippen molar-refractivity contribution in [2.75, 3.05) is 0 Å². The van der Waals surface area contributed by atoms with Crippen molar-refractivity contribution in [1.82, 2.24) is 9.97 Å². The third kappa shape index (κ3) is 3.51. The van der Waals surface area contributed by atoms with Crippen molar-refractivity contribution < 1.29 is 0 Å². The van der Waals surface area contributed by atoms with Crippen LogP contribution in [-0.4, -0.2) is 9.97 Å². The smallest absolute Gasteiger partial charge is 0.159 e. The van der Waals surface area contributed by atoms with E-state index in [0.29, 0.717) is 0 Å². The highest BCUT2D eigenvalue weighted by Crippen LogP contribution is 2.33. The fourth-order valence-corrected chi connectivity index (χ4v) is 3.81. The summed E-state index contributed by atoms with van der Waals surface area (Å²) in [5.41, 5.74) is 5.23. The monoisotopic (exact) mass is 392 g/mol. The summed E-state index contributed by atoms with van der Waals surface area (Å²) in [6.45, 7) is 0. The van der Waals surface area contributed by atoms with Crippen molar-refractivity contribution in [3.05, 3.63) is 108 Å². The first-order chi connectivity index (χ1) is 14.3. The molecule has 0 saturated heterocycles. The molecule has 4 aromatic carbocycles. The van der Waals surface area contributed by atoms with Crippen LogP contribution in [0, 0.1) is 0 Å². The second kappa shape index (κ2) is 7.50. The number of nitrogens with zero attached hydrogens (tertiary/aromatic N) is 2. The van der Waals surface area contributed by atoms with Crippen LogP contribution in [0.2, 0.25) is 5.02 Å². The Bertz CT molecular complexity index is 1300. The Morgan fingerprint density at radius 3 is 2.17 bits per heavy atom. The molecule has 29 heavy (non-hydrogen) atoms. The van der Waals surface area contributed by atoms with E-state index in [-0.39, 0.29) is 0 Å². The molecule has 0 spiro atoms. The quantitative estimate of drug-likeness (QED) is 0.322. The molecule has 5 aromatic rings. The molecule has 1 heterocycles. The number of hydrogen-bond acceptors (Lipinski definition) is 2. The lowest BCUT2D eigenvalue weighted by atomic mass is 9.97. The minimum Gasteiger partial charge on any atom is -0.237 e. The molecule has 0 aliphatic carbocycles. The number of benzene rings is 4. The maximum atomic E-state index is 6.36. The largest absolute Gasteiger partial charge is 0.237 e. The van der Waals surface area contributed by atoms with Crippen LogP contribution in [-0.2, 0) is 0 Å². The van der Waals surface area contributed by atoms with Crippen molar-refractivity contribution in [2.45, 2.75) is 0 Å². The minimum atomic E-state index is 0.730. The van der Waals surface area contributed by atoms with Gasteiger partial charge in [0.15, 0.2) is 5.82 Å². The molecular formula is C26H17ClN2. The molecule has 0 atom stereocenters. The van der Waals surface area contributed by atoms with E-state index < -0.39 is 0 Å². The van der Waals surface area contributed by atoms with Gasteiger partial charge in [-0.25, -0.2) is 9.97 Å². The third-order valence-electron chi connectivity index (χ3n) is 5.01. The van der Waals surface area contributed by atoms with E-state index in [1.54, 1.807) is 0 Å². The molecule has 5 rings (SSSR count). The molecule has 0 radical (unpaired) electrons. The van der Waals surface area contributed by atoms with Crippen molar-refractivity contribution in [1.29, 1.82) is 0 Å².